The largest absolute Gasteiger partial charge is 0.493 e. The zero-order chi connectivity index (χ0) is 20.4. The zero-order valence-electron chi connectivity index (χ0n) is 15.5. The van der Waals surface area contributed by atoms with E-state index in [-0.39, 0.29) is 12.5 Å². The number of ether oxygens (including phenoxy) is 2. The minimum atomic E-state index is -0.332. The molecular weight excluding hydrogens is 400 g/mol. The predicted molar refractivity (Wildman–Crippen MR) is 116 cm³/mol. The summed E-state index contributed by atoms with van der Waals surface area (Å²) in [5.74, 6) is 0.579. The van der Waals surface area contributed by atoms with Crippen LogP contribution in [0.25, 0.3) is 0 Å². The molecule has 0 heterocycles. The van der Waals surface area contributed by atoms with Crippen LogP contribution in [0.2, 0.25) is 5.02 Å². The number of hydrogen-bond donors (Lipinski definition) is 3. The summed E-state index contributed by atoms with van der Waals surface area (Å²) in [7, 11) is 1.52. The van der Waals surface area contributed by atoms with Crippen molar-refractivity contribution in [2.24, 2.45) is 5.10 Å². The summed E-state index contributed by atoms with van der Waals surface area (Å²) < 4.78 is 10.9. The van der Waals surface area contributed by atoms with Crippen LogP contribution in [0.1, 0.15) is 12.5 Å². The van der Waals surface area contributed by atoms with E-state index in [1.807, 2.05) is 6.92 Å². The maximum Gasteiger partial charge on any atom is 0.262 e. The second-order valence-electron chi connectivity index (χ2n) is 5.46. The SMILES string of the molecule is CCNC(=S)N/N=C\c1ccc(OCC(=O)Nc2ccccc2Cl)c(OC)c1. The van der Waals surface area contributed by atoms with Gasteiger partial charge in [-0.15, -0.1) is 0 Å². The van der Waals surface area contributed by atoms with Crippen LogP contribution in [0.3, 0.4) is 0 Å². The van der Waals surface area contributed by atoms with E-state index in [0.29, 0.717) is 33.9 Å². The van der Waals surface area contributed by atoms with Crippen LogP contribution in [-0.4, -0.2) is 37.5 Å². The van der Waals surface area contributed by atoms with Crippen LogP contribution in [0.15, 0.2) is 47.6 Å². The summed E-state index contributed by atoms with van der Waals surface area (Å²) in [6.45, 7) is 2.47. The molecule has 0 aliphatic carbocycles. The van der Waals surface area contributed by atoms with Crippen molar-refractivity contribution in [1.82, 2.24) is 10.7 Å². The number of rotatable bonds is 8. The van der Waals surface area contributed by atoms with E-state index in [0.717, 1.165) is 5.56 Å². The molecule has 0 fully saturated rings. The number of nitrogens with one attached hydrogen (secondary N) is 3. The van der Waals surface area contributed by atoms with E-state index in [1.54, 1.807) is 48.7 Å². The molecule has 2 aromatic carbocycles. The molecule has 3 N–H and O–H groups in total. The first kappa shape index (κ1) is 21.5. The third-order valence-corrected chi connectivity index (χ3v) is 3.98. The van der Waals surface area contributed by atoms with Crippen LogP contribution in [-0.2, 0) is 4.79 Å². The van der Waals surface area contributed by atoms with Gasteiger partial charge in [0.1, 0.15) is 0 Å². The molecule has 0 saturated carbocycles. The number of para-hydroxylation sites is 1. The topological polar surface area (TPSA) is 84.0 Å². The molecule has 7 nitrogen and oxygen atoms in total. The minimum absolute atomic E-state index is 0.187. The van der Waals surface area contributed by atoms with Crippen molar-refractivity contribution in [2.75, 3.05) is 25.6 Å². The van der Waals surface area contributed by atoms with Crippen LogP contribution in [0.4, 0.5) is 5.69 Å². The molecule has 0 saturated heterocycles. The first-order chi connectivity index (χ1) is 13.5. The van der Waals surface area contributed by atoms with E-state index in [2.05, 4.69) is 21.2 Å². The quantitative estimate of drug-likeness (QED) is 0.345. The van der Waals surface area contributed by atoms with Gasteiger partial charge in [-0.1, -0.05) is 23.7 Å². The van der Waals surface area contributed by atoms with Gasteiger partial charge in [0.25, 0.3) is 5.91 Å². The van der Waals surface area contributed by atoms with Gasteiger partial charge in [0.05, 0.1) is 24.0 Å². The Kier molecular flexibility index (Phi) is 8.51. The van der Waals surface area contributed by atoms with Crippen LogP contribution in [0.5, 0.6) is 11.5 Å². The predicted octanol–water partition coefficient (Wildman–Crippen LogP) is 3.18. The number of halogens is 1. The van der Waals surface area contributed by atoms with Gasteiger partial charge in [0.2, 0.25) is 0 Å². The molecule has 0 unspecified atom stereocenters. The molecule has 0 bridgehead atoms. The average Bonchev–Trinajstić information content (AvgIpc) is 2.68. The van der Waals surface area contributed by atoms with Crippen molar-refractivity contribution in [3.05, 3.63) is 53.1 Å². The molecule has 0 spiro atoms. The monoisotopic (exact) mass is 420 g/mol. The Hall–Kier alpha value is -2.84. The zero-order valence-corrected chi connectivity index (χ0v) is 17.1. The third kappa shape index (κ3) is 6.71. The van der Waals surface area contributed by atoms with Crippen LogP contribution in [0, 0.1) is 0 Å². The van der Waals surface area contributed by atoms with Gasteiger partial charge in [-0.2, -0.15) is 5.10 Å². The minimum Gasteiger partial charge on any atom is -0.493 e. The average molecular weight is 421 g/mol. The molecule has 0 aliphatic rings. The lowest BCUT2D eigenvalue weighted by molar-refractivity contribution is -0.118. The molecule has 0 atom stereocenters. The standard InChI is InChI=1S/C19H21ClN4O3S/c1-3-21-19(28)24-22-11-13-8-9-16(17(10-13)26-2)27-12-18(25)23-15-7-5-4-6-14(15)20/h4-11H,3,12H2,1-2H3,(H,23,25)(H2,21,24,28)/b22-11-. The first-order valence-electron chi connectivity index (χ1n) is 8.45. The van der Waals surface area contributed by atoms with Gasteiger partial charge in [-0.05, 0) is 55.0 Å². The summed E-state index contributed by atoms with van der Waals surface area (Å²) in [5, 5.41) is 10.6. The number of anilines is 1. The summed E-state index contributed by atoms with van der Waals surface area (Å²) in [5.41, 5.74) is 4.01. The number of thiocarbonyl (C=S) groups is 1. The highest BCUT2D eigenvalue weighted by atomic mass is 35.5. The highest BCUT2D eigenvalue weighted by Gasteiger charge is 2.10. The fourth-order valence-electron chi connectivity index (χ4n) is 2.14. The lowest BCUT2D eigenvalue weighted by Crippen LogP contribution is -2.31. The molecule has 148 valence electrons. The smallest absolute Gasteiger partial charge is 0.262 e. The van der Waals surface area contributed by atoms with E-state index in [4.69, 9.17) is 33.3 Å². The summed E-state index contributed by atoms with van der Waals surface area (Å²) in [6, 6.07) is 12.2. The molecule has 0 aliphatic heterocycles. The number of hydrogen-bond acceptors (Lipinski definition) is 5. The van der Waals surface area contributed by atoms with Gasteiger partial charge in [-0.3, -0.25) is 10.2 Å². The third-order valence-electron chi connectivity index (χ3n) is 3.41. The Morgan fingerprint density at radius 2 is 2.04 bits per heavy atom. The van der Waals surface area contributed by atoms with Gasteiger partial charge in [-0.25, -0.2) is 0 Å². The number of nitrogens with zero attached hydrogens (tertiary/aromatic N) is 1. The summed E-state index contributed by atoms with van der Waals surface area (Å²) >= 11 is 11.0. The molecule has 1 amide bonds. The maximum absolute atomic E-state index is 12.1. The van der Waals surface area contributed by atoms with Crippen LogP contribution < -0.4 is 25.5 Å². The van der Waals surface area contributed by atoms with Gasteiger partial charge in [0, 0.05) is 6.54 Å². The van der Waals surface area contributed by atoms with Gasteiger partial charge < -0.3 is 20.1 Å². The van der Waals surface area contributed by atoms with Crippen LogP contribution >= 0.6 is 23.8 Å². The molecule has 28 heavy (non-hydrogen) atoms. The van der Waals surface area contributed by atoms with Crippen molar-refractivity contribution < 1.29 is 14.3 Å². The van der Waals surface area contributed by atoms with E-state index in [1.165, 1.54) is 7.11 Å². The Morgan fingerprint density at radius 1 is 1.25 bits per heavy atom. The van der Waals surface area contributed by atoms with E-state index < -0.39 is 0 Å². The van der Waals surface area contributed by atoms with Gasteiger partial charge in [0.15, 0.2) is 23.2 Å². The lowest BCUT2D eigenvalue weighted by atomic mass is 10.2. The molecule has 0 radical (unpaired) electrons. The normalized spacial score (nSPS) is 10.4. The molecule has 9 heteroatoms. The van der Waals surface area contributed by atoms with Crippen molar-refractivity contribution in [1.29, 1.82) is 0 Å². The highest BCUT2D eigenvalue weighted by molar-refractivity contribution is 7.80. The number of benzene rings is 2. The second-order valence-corrected chi connectivity index (χ2v) is 6.27. The van der Waals surface area contributed by atoms with Crippen molar-refractivity contribution >= 4 is 46.7 Å². The Labute approximate surface area is 174 Å². The van der Waals surface area contributed by atoms with Crippen molar-refractivity contribution in [3.63, 3.8) is 0 Å². The summed E-state index contributed by atoms with van der Waals surface area (Å²) in [6.07, 6.45) is 1.60. The molecule has 0 aromatic heterocycles. The highest BCUT2D eigenvalue weighted by Crippen LogP contribution is 2.27. The first-order valence-corrected chi connectivity index (χ1v) is 9.24. The van der Waals surface area contributed by atoms with Crippen molar-refractivity contribution in [3.8, 4) is 11.5 Å². The lowest BCUT2D eigenvalue weighted by Gasteiger charge is -2.12. The van der Waals surface area contributed by atoms with Crippen molar-refractivity contribution in [2.45, 2.75) is 6.92 Å². The fraction of sp³-hybridized carbons (Fsp3) is 0.211. The molecular formula is C19H21ClN4O3S. The number of amides is 1. The van der Waals surface area contributed by atoms with E-state index in [9.17, 15) is 4.79 Å². The number of carbonyl (C=O) groups excluding carboxylic acids is 1. The number of methoxy groups -OCH3 is 1. The molecule has 2 rings (SSSR count). The molecule has 2 aromatic rings. The summed E-state index contributed by atoms with van der Waals surface area (Å²) in [4.78, 5) is 12.1. The Morgan fingerprint density at radius 3 is 2.75 bits per heavy atom. The number of carbonyl (C=O) groups is 1. The Bertz CT molecular complexity index is 861. The fourth-order valence-corrected chi connectivity index (χ4v) is 2.52. The maximum atomic E-state index is 12.1. The Balaban J connectivity index is 1.94. The van der Waals surface area contributed by atoms with Gasteiger partial charge >= 0.3 is 0 Å². The second kappa shape index (κ2) is 11.1. The van der Waals surface area contributed by atoms with E-state index >= 15 is 0 Å². The number of hydrazone groups is 1.